The highest BCUT2D eigenvalue weighted by atomic mass is 19.4. The monoisotopic (exact) mass is 258 g/mol. The van der Waals surface area contributed by atoms with Gasteiger partial charge in [0.1, 0.15) is 11.8 Å². The van der Waals surface area contributed by atoms with Crippen molar-refractivity contribution in [3.63, 3.8) is 0 Å². The molecular formula is C11H9F3N2O2. The first-order valence-corrected chi connectivity index (χ1v) is 5.00. The predicted molar refractivity (Wildman–Crippen MR) is 54.3 cm³/mol. The highest BCUT2D eigenvalue weighted by Crippen LogP contribution is 2.28. The van der Waals surface area contributed by atoms with Crippen LogP contribution in [0.25, 0.3) is 0 Å². The van der Waals surface area contributed by atoms with Crippen molar-refractivity contribution in [2.24, 2.45) is 0 Å². The van der Waals surface area contributed by atoms with Crippen molar-refractivity contribution in [3.05, 3.63) is 29.1 Å². The first-order valence-electron chi connectivity index (χ1n) is 5.00. The molecule has 0 saturated heterocycles. The smallest absolute Gasteiger partial charge is 0.433 e. The molecule has 0 radical (unpaired) electrons. The molecule has 0 aliphatic carbocycles. The fraction of sp³-hybridized carbons (Fsp3) is 0.364. The Bertz CT molecular complexity index is 492. The van der Waals surface area contributed by atoms with E-state index in [4.69, 9.17) is 5.26 Å². The average Bonchev–Trinajstić information content (AvgIpc) is 2.28. The van der Waals surface area contributed by atoms with E-state index < -0.39 is 17.8 Å². The van der Waals surface area contributed by atoms with E-state index in [0.717, 1.165) is 6.20 Å². The Labute approximate surface area is 101 Å². The van der Waals surface area contributed by atoms with Crippen LogP contribution in [0.5, 0.6) is 0 Å². The number of halogens is 3. The lowest BCUT2D eigenvalue weighted by atomic mass is 10.1. The Balaban J connectivity index is 3.08. The molecule has 0 saturated carbocycles. The molecule has 0 N–H and O–H groups in total. The topological polar surface area (TPSA) is 63.0 Å². The summed E-state index contributed by atoms with van der Waals surface area (Å²) in [5.41, 5.74) is -1.25. The van der Waals surface area contributed by atoms with Gasteiger partial charge in [0, 0.05) is 6.20 Å². The summed E-state index contributed by atoms with van der Waals surface area (Å²) in [7, 11) is 0. The van der Waals surface area contributed by atoms with Crippen LogP contribution in [0.4, 0.5) is 13.2 Å². The second-order valence-corrected chi connectivity index (χ2v) is 3.32. The molecule has 0 spiro atoms. The van der Waals surface area contributed by atoms with Crippen LogP contribution < -0.4 is 0 Å². The molecule has 4 nitrogen and oxygen atoms in total. The fourth-order valence-electron chi connectivity index (χ4n) is 1.27. The van der Waals surface area contributed by atoms with Crippen LogP contribution in [0.3, 0.4) is 0 Å². The van der Waals surface area contributed by atoms with Gasteiger partial charge in [-0.2, -0.15) is 18.4 Å². The molecule has 1 rings (SSSR count). The van der Waals surface area contributed by atoms with Crippen LogP contribution in [-0.4, -0.2) is 17.6 Å². The third kappa shape index (κ3) is 3.45. The number of alkyl halides is 3. The van der Waals surface area contributed by atoms with Crippen molar-refractivity contribution in [3.8, 4) is 6.07 Å². The van der Waals surface area contributed by atoms with Crippen molar-refractivity contribution >= 4 is 5.97 Å². The summed E-state index contributed by atoms with van der Waals surface area (Å²) in [6, 6.07) is 2.37. The van der Waals surface area contributed by atoms with Crippen molar-refractivity contribution in [2.75, 3.05) is 6.61 Å². The van der Waals surface area contributed by atoms with E-state index in [1.807, 2.05) is 0 Å². The summed E-state index contributed by atoms with van der Waals surface area (Å²) >= 11 is 0. The maximum atomic E-state index is 12.4. The van der Waals surface area contributed by atoms with Gasteiger partial charge < -0.3 is 4.74 Å². The van der Waals surface area contributed by atoms with Gasteiger partial charge in [-0.05, 0) is 18.6 Å². The van der Waals surface area contributed by atoms with Crippen molar-refractivity contribution in [2.45, 2.75) is 19.5 Å². The minimum absolute atomic E-state index is 0.0433. The van der Waals surface area contributed by atoms with Gasteiger partial charge in [0.2, 0.25) is 0 Å². The van der Waals surface area contributed by atoms with Crippen LogP contribution in [-0.2, 0) is 22.1 Å². The van der Waals surface area contributed by atoms with E-state index in [0.29, 0.717) is 6.07 Å². The lowest BCUT2D eigenvalue weighted by molar-refractivity contribution is -0.143. The van der Waals surface area contributed by atoms with Crippen LogP contribution >= 0.6 is 0 Å². The second kappa shape index (κ2) is 5.49. The van der Waals surface area contributed by atoms with E-state index in [2.05, 4.69) is 9.72 Å². The van der Waals surface area contributed by atoms with Gasteiger partial charge in [0.25, 0.3) is 0 Å². The van der Waals surface area contributed by atoms with Gasteiger partial charge in [-0.3, -0.25) is 9.78 Å². The predicted octanol–water partition coefficient (Wildman–Crippen LogP) is 2.08. The summed E-state index contributed by atoms with van der Waals surface area (Å²) in [5.74, 6) is -0.687. The third-order valence-electron chi connectivity index (χ3n) is 2.04. The Morgan fingerprint density at radius 2 is 2.22 bits per heavy atom. The molecule has 1 aromatic rings. The van der Waals surface area contributed by atoms with Crippen molar-refractivity contribution < 1.29 is 22.7 Å². The minimum atomic E-state index is -4.61. The molecule has 0 aromatic carbocycles. The van der Waals surface area contributed by atoms with Crippen molar-refractivity contribution in [1.82, 2.24) is 4.98 Å². The maximum Gasteiger partial charge on any atom is 0.433 e. The summed E-state index contributed by atoms with van der Waals surface area (Å²) < 4.78 is 41.9. The molecular weight excluding hydrogens is 249 g/mol. The molecule has 96 valence electrons. The maximum absolute atomic E-state index is 12.4. The Kier molecular flexibility index (Phi) is 4.26. The molecule has 0 fully saturated rings. The number of nitriles is 1. The molecule has 0 aliphatic rings. The zero-order valence-electron chi connectivity index (χ0n) is 9.41. The van der Waals surface area contributed by atoms with E-state index in [-0.39, 0.29) is 24.2 Å². The number of ether oxygens (including phenoxy) is 1. The number of esters is 1. The van der Waals surface area contributed by atoms with E-state index in [9.17, 15) is 18.0 Å². The second-order valence-electron chi connectivity index (χ2n) is 3.32. The number of carbonyl (C=O) groups is 1. The highest BCUT2D eigenvalue weighted by Gasteiger charge is 2.33. The van der Waals surface area contributed by atoms with E-state index in [1.165, 1.54) is 0 Å². The number of carbonyl (C=O) groups excluding carboxylic acids is 1. The van der Waals surface area contributed by atoms with Crippen LogP contribution in [0.1, 0.15) is 23.7 Å². The fourth-order valence-corrected chi connectivity index (χ4v) is 1.27. The number of rotatable bonds is 3. The first-order chi connectivity index (χ1) is 8.38. The third-order valence-corrected chi connectivity index (χ3v) is 2.04. The molecule has 1 aromatic heterocycles. The molecule has 0 atom stereocenters. The number of hydrogen-bond acceptors (Lipinski definition) is 4. The van der Waals surface area contributed by atoms with Crippen LogP contribution in [0.2, 0.25) is 0 Å². The average molecular weight is 258 g/mol. The summed E-state index contributed by atoms with van der Waals surface area (Å²) in [6.45, 7) is 1.70. The number of aromatic nitrogens is 1. The first kappa shape index (κ1) is 14.0. The molecule has 0 amide bonds. The molecule has 18 heavy (non-hydrogen) atoms. The van der Waals surface area contributed by atoms with Crippen LogP contribution in [0, 0.1) is 11.3 Å². The van der Waals surface area contributed by atoms with Crippen LogP contribution in [0.15, 0.2) is 12.3 Å². The molecule has 0 bridgehead atoms. The molecule has 1 heterocycles. The molecule has 0 aliphatic heterocycles. The standard InChI is InChI=1S/C11H9F3N2O2/c1-2-18-10(17)4-7-3-9(11(12,13)14)16-6-8(7)5-15/h3,6H,2,4H2,1H3. The quantitative estimate of drug-likeness (QED) is 0.778. The van der Waals surface area contributed by atoms with Gasteiger partial charge in [-0.25, -0.2) is 0 Å². The lowest BCUT2D eigenvalue weighted by Crippen LogP contribution is -2.13. The normalized spacial score (nSPS) is 10.8. The Morgan fingerprint density at radius 1 is 1.56 bits per heavy atom. The molecule has 0 unspecified atom stereocenters. The van der Waals surface area contributed by atoms with Gasteiger partial charge >= 0.3 is 12.1 Å². The van der Waals surface area contributed by atoms with Gasteiger partial charge in [-0.1, -0.05) is 0 Å². The van der Waals surface area contributed by atoms with Gasteiger partial charge in [-0.15, -0.1) is 0 Å². The number of hydrogen-bond donors (Lipinski definition) is 0. The van der Waals surface area contributed by atoms with Crippen molar-refractivity contribution in [1.29, 1.82) is 5.26 Å². The lowest BCUT2D eigenvalue weighted by Gasteiger charge is -2.09. The summed E-state index contributed by atoms with van der Waals surface area (Å²) in [5, 5.41) is 8.73. The zero-order chi connectivity index (χ0) is 13.8. The van der Waals surface area contributed by atoms with E-state index in [1.54, 1.807) is 13.0 Å². The summed E-state index contributed by atoms with van der Waals surface area (Å²) in [4.78, 5) is 14.3. The Hall–Kier alpha value is -2.10. The highest BCUT2D eigenvalue weighted by molar-refractivity contribution is 5.73. The number of nitrogens with zero attached hydrogens (tertiary/aromatic N) is 2. The van der Waals surface area contributed by atoms with Gasteiger partial charge in [0.15, 0.2) is 0 Å². The zero-order valence-corrected chi connectivity index (χ0v) is 9.41. The minimum Gasteiger partial charge on any atom is -0.466 e. The van der Waals surface area contributed by atoms with Gasteiger partial charge in [0.05, 0.1) is 18.6 Å². The summed E-state index contributed by atoms with van der Waals surface area (Å²) in [6.07, 6.45) is -4.20. The number of pyridine rings is 1. The molecule has 7 heteroatoms. The van der Waals surface area contributed by atoms with E-state index >= 15 is 0 Å². The SMILES string of the molecule is CCOC(=O)Cc1cc(C(F)(F)F)ncc1C#N. The largest absolute Gasteiger partial charge is 0.466 e. The Morgan fingerprint density at radius 3 is 2.72 bits per heavy atom.